The van der Waals surface area contributed by atoms with Gasteiger partial charge in [0.15, 0.2) is 0 Å². The van der Waals surface area contributed by atoms with Gasteiger partial charge >= 0.3 is 0 Å². The van der Waals surface area contributed by atoms with E-state index in [1.165, 1.54) is 27.8 Å². The summed E-state index contributed by atoms with van der Waals surface area (Å²) in [6.45, 7) is 10.9. The van der Waals surface area contributed by atoms with Gasteiger partial charge in [0.05, 0.1) is 6.04 Å². The van der Waals surface area contributed by atoms with Crippen molar-refractivity contribution in [3.63, 3.8) is 0 Å². The van der Waals surface area contributed by atoms with E-state index in [-0.39, 0.29) is 6.04 Å². The Hall–Kier alpha value is -1.80. The number of hydrogen-bond donors (Lipinski definition) is 1. The highest BCUT2D eigenvalue weighted by atomic mass is 16.5. The Kier molecular flexibility index (Phi) is 4.69. The van der Waals surface area contributed by atoms with Crippen LogP contribution in [0.4, 0.5) is 0 Å². The molecule has 112 valence electrons. The first-order chi connectivity index (χ1) is 9.88. The van der Waals surface area contributed by atoms with Gasteiger partial charge in [-0.2, -0.15) is 0 Å². The minimum atomic E-state index is -0.106. The SMILES string of the molecule is Cc1cc(C)c(OCC(N)c2cc(C)ccc2C)c(C)c1. The first-order valence-corrected chi connectivity index (χ1v) is 7.42. The van der Waals surface area contributed by atoms with Gasteiger partial charge in [0.2, 0.25) is 0 Å². The Morgan fingerprint density at radius 1 is 0.857 bits per heavy atom. The van der Waals surface area contributed by atoms with E-state index in [4.69, 9.17) is 10.5 Å². The minimum absolute atomic E-state index is 0.106. The fourth-order valence-corrected chi connectivity index (χ4v) is 2.82. The summed E-state index contributed by atoms with van der Waals surface area (Å²) in [6.07, 6.45) is 0. The molecule has 0 aromatic heterocycles. The molecule has 1 atom stereocenters. The molecule has 0 spiro atoms. The summed E-state index contributed by atoms with van der Waals surface area (Å²) in [6, 6.07) is 10.6. The van der Waals surface area contributed by atoms with E-state index in [1.807, 2.05) is 0 Å². The van der Waals surface area contributed by atoms with Gasteiger partial charge in [0.25, 0.3) is 0 Å². The quantitative estimate of drug-likeness (QED) is 0.907. The molecule has 2 heteroatoms. The molecule has 0 heterocycles. The number of nitrogens with two attached hydrogens (primary N) is 1. The van der Waals surface area contributed by atoms with Gasteiger partial charge in [-0.15, -0.1) is 0 Å². The lowest BCUT2D eigenvalue weighted by Crippen LogP contribution is -2.20. The van der Waals surface area contributed by atoms with E-state index in [2.05, 4.69) is 65.0 Å². The van der Waals surface area contributed by atoms with Crippen molar-refractivity contribution in [3.05, 3.63) is 63.7 Å². The summed E-state index contributed by atoms with van der Waals surface area (Å²) in [5.41, 5.74) is 13.5. The summed E-state index contributed by atoms with van der Waals surface area (Å²) in [4.78, 5) is 0. The second kappa shape index (κ2) is 6.31. The molecule has 0 radical (unpaired) electrons. The molecule has 2 nitrogen and oxygen atoms in total. The number of rotatable bonds is 4. The molecule has 2 N–H and O–H groups in total. The van der Waals surface area contributed by atoms with Crippen molar-refractivity contribution >= 4 is 0 Å². The lowest BCUT2D eigenvalue weighted by atomic mass is 10.00. The molecule has 0 bridgehead atoms. The van der Waals surface area contributed by atoms with E-state index >= 15 is 0 Å². The molecular weight excluding hydrogens is 258 g/mol. The largest absolute Gasteiger partial charge is 0.491 e. The zero-order valence-corrected chi connectivity index (χ0v) is 13.7. The number of hydrogen-bond acceptors (Lipinski definition) is 2. The first-order valence-electron chi connectivity index (χ1n) is 7.42. The van der Waals surface area contributed by atoms with Gasteiger partial charge in [-0.25, -0.2) is 0 Å². The standard InChI is InChI=1S/C19H25NO/c1-12-6-7-14(3)17(10-12)18(20)11-21-19-15(4)8-13(2)9-16(19)5/h6-10,18H,11,20H2,1-5H3. The fraction of sp³-hybridized carbons (Fsp3) is 0.368. The molecule has 0 saturated heterocycles. The Morgan fingerprint density at radius 3 is 2.10 bits per heavy atom. The Bertz CT molecular complexity index is 623. The van der Waals surface area contributed by atoms with Gasteiger partial charge in [-0.3, -0.25) is 0 Å². The van der Waals surface area contributed by atoms with Crippen molar-refractivity contribution in [1.29, 1.82) is 0 Å². The molecule has 1 unspecified atom stereocenters. The molecule has 2 aromatic carbocycles. The summed E-state index contributed by atoms with van der Waals surface area (Å²) in [5.74, 6) is 0.960. The van der Waals surface area contributed by atoms with Crippen molar-refractivity contribution in [2.24, 2.45) is 5.73 Å². The Morgan fingerprint density at radius 2 is 1.48 bits per heavy atom. The van der Waals surface area contributed by atoms with E-state index in [9.17, 15) is 0 Å². The van der Waals surface area contributed by atoms with Gasteiger partial charge in [0.1, 0.15) is 12.4 Å². The third kappa shape index (κ3) is 3.64. The van der Waals surface area contributed by atoms with Crippen LogP contribution in [0.2, 0.25) is 0 Å². The van der Waals surface area contributed by atoms with Crippen LogP contribution in [-0.4, -0.2) is 6.61 Å². The van der Waals surface area contributed by atoms with Crippen LogP contribution < -0.4 is 10.5 Å². The summed E-state index contributed by atoms with van der Waals surface area (Å²) in [7, 11) is 0. The maximum absolute atomic E-state index is 6.32. The van der Waals surface area contributed by atoms with Crippen molar-refractivity contribution in [1.82, 2.24) is 0 Å². The zero-order valence-electron chi connectivity index (χ0n) is 13.7. The maximum atomic E-state index is 6.32. The average molecular weight is 283 g/mol. The van der Waals surface area contributed by atoms with Crippen LogP contribution in [0.3, 0.4) is 0 Å². The van der Waals surface area contributed by atoms with Crippen LogP contribution in [-0.2, 0) is 0 Å². The molecule has 0 aliphatic carbocycles. The topological polar surface area (TPSA) is 35.2 Å². The third-order valence-corrected chi connectivity index (χ3v) is 3.85. The lowest BCUT2D eigenvalue weighted by Gasteiger charge is -2.19. The van der Waals surface area contributed by atoms with Crippen LogP contribution in [0.1, 0.15) is 39.4 Å². The lowest BCUT2D eigenvalue weighted by molar-refractivity contribution is 0.286. The summed E-state index contributed by atoms with van der Waals surface area (Å²) >= 11 is 0. The molecule has 0 aliphatic rings. The molecular formula is C19H25NO. The van der Waals surface area contributed by atoms with Gasteiger partial charge in [-0.1, -0.05) is 41.5 Å². The van der Waals surface area contributed by atoms with Crippen LogP contribution in [0.25, 0.3) is 0 Å². The number of benzene rings is 2. The summed E-state index contributed by atoms with van der Waals surface area (Å²) < 4.78 is 6.01. The Labute approximate surface area is 127 Å². The average Bonchev–Trinajstić information content (AvgIpc) is 2.40. The number of ether oxygens (including phenoxy) is 1. The van der Waals surface area contributed by atoms with Crippen LogP contribution in [0.15, 0.2) is 30.3 Å². The predicted octanol–water partition coefficient (Wildman–Crippen LogP) is 4.31. The smallest absolute Gasteiger partial charge is 0.125 e. The molecule has 21 heavy (non-hydrogen) atoms. The van der Waals surface area contributed by atoms with Gasteiger partial charge in [0, 0.05) is 0 Å². The van der Waals surface area contributed by atoms with Crippen LogP contribution in [0, 0.1) is 34.6 Å². The first kappa shape index (κ1) is 15.6. The van der Waals surface area contributed by atoms with Gasteiger partial charge < -0.3 is 10.5 Å². The molecule has 0 amide bonds. The monoisotopic (exact) mass is 283 g/mol. The maximum Gasteiger partial charge on any atom is 0.125 e. The molecule has 2 rings (SSSR count). The van der Waals surface area contributed by atoms with E-state index in [1.54, 1.807) is 0 Å². The van der Waals surface area contributed by atoms with E-state index in [0.29, 0.717) is 6.61 Å². The van der Waals surface area contributed by atoms with Gasteiger partial charge in [-0.05, 0) is 56.9 Å². The second-order valence-electron chi connectivity index (χ2n) is 6.01. The Balaban J connectivity index is 2.15. The number of aryl methyl sites for hydroxylation is 5. The summed E-state index contributed by atoms with van der Waals surface area (Å²) in [5, 5.41) is 0. The van der Waals surface area contributed by atoms with Crippen LogP contribution in [0.5, 0.6) is 5.75 Å². The highest BCUT2D eigenvalue weighted by Gasteiger charge is 2.12. The van der Waals surface area contributed by atoms with Crippen molar-refractivity contribution in [2.75, 3.05) is 6.61 Å². The highest BCUT2D eigenvalue weighted by Crippen LogP contribution is 2.26. The zero-order chi connectivity index (χ0) is 15.6. The molecule has 0 fully saturated rings. The third-order valence-electron chi connectivity index (χ3n) is 3.85. The predicted molar refractivity (Wildman–Crippen MR) is 89.0 cm³/mol. The highest BCUT2D eigenvalue weighted by molar-refractivity contribution is 5.43. The minimum Gasteiger partial charge on any atom is -0.491 e. The van der Waals surface area contributed by atoms with Crippen molar-refractivity contribution < 1.29 is 4.74 Å². The molecule has 0 aliphatic heterocycles. The molecule has 0 saturated carbocycles. The fourth-order valence-electron chi connectivity index (χ4n) is 2.82. The van der Waals surface area contributed by atoms with Crippen molar-refractivity contribution in [2.45, 2.75) is 40.7 Å². The van der Waals surface area contributed by atoms with E-state index in [0.717, 1.165) is 11.3 Å². The van der Waals surface area contributed by atoms with E-state index < -0.39 is 0 Å². The molecule has 2 aromatic rings. The van der Waals surface area contributed by atoms with Crippen LogP contribution >= 0.6 is 0 Å². The normalized spacial score (nSPS) is 12.3. The second-order valence-corrected chi connectivity index (χ2v) is 6.01. The van der Waals surface area contributed by atoms with Crippen molar-refractivity contribution in [3.8, 4) is 5.75 Å².